The largest absolute Gasteiger partial charge is 0.492 e. The molecule has 8 heteroatoms. The minimum atomic E-state index is -0.980. The molecule has 0 radical (unpaired) electrons. The van der Waals surface area contributed by atoms with Gasteiger partial charge in [0.05, 0.1) is 6.54 Å². The third kappa shape index (κ3) is 8.52. The first-order valence-electron chi connectivity index (χ1n) is 12.9. The van der Waals surface area contributed by atoms with Crippen molar-refractivity contribution in [3.63, 3.8) is 0 Å². The van der Waals surface area contributed by atoms with E-state index in [2.05, 4.69) is 0 Å². The fraction of sp³-hybridized carbons (Fsp3) is 0.333. The van der Waals surface area contributed by atoms with Crippen LogP contribution in [0.25, 0.3) is 0 Å². The molecule has 200 valence electrons. The summed E-state index contributed by atoms with van der Waals surface area (Å²) in [7, 11) is 0. The van der Waals surface area contributed by atoms with Crippen LogP contribution in [-0.4, -0.2) is 54.5 Å². The second kappa shape index (κ2) is 13.5. The molecule has 0 aromatic heterocycles. The molecular formula is C30H33NO7. The Morgan fingerprint density at radius 1 is 0.895 bits per heavy atom. The molecule has 8 nitrogen and oxygen atoms in total. The zero-order chi connectivity index (χ0) is 26.7. The van der Waals surface area contributed by atoms with Crippen molar-refractivity contribution in [3.8, 4) is 23.0 Å². The second-order valence-corrected chi connectivity index (χ2v) is 9.12. The molecule has 1 aliphatic carbocycles. The molecule has 1 amide bonds. The highest BCUT2D eigenvalue weighted by Crippen LogP contribution is 2.30. The van der Waals surface area contributed by atoms with Crippen molar-refractivity contribution >= 4 is 12.1 Å². The first kappa shape index (κ1) is 27.0. The quantitative estimate of drug-likeness (QED) is 0.288. The van der Waals surface area contributed by atoms with Crippen molar-refractivity contribution in [2.24, 2.45) is 5.92 Å². The SMILES string of the molecule is CCOC(Cc1ccc(OCCN(CC2CC2)C(=O)Oc2ccc(Oc3ccccc3)cc2)cc1)C(=O)O. The summed E-state index contributed by atoms with van der Waals surface area (Å²) in [5.41, 5.74) is 0.845. The normalized spacial score (nSPS) is 13.4. The zero-order valence-electron chi connectivity index (χ0n) is 21.5. The maximum absolute atomic E-state index is 12.9. The molecule has 1 fully saturated rings. The van der Waals surface area contributed by atoms with Gasteiger partial charge in [0.1, 0.15) is 29.6 Å². The molecule has 0 spiro atoms. The van der Waals surface area contributed by atoms with Crippen LogP contribution in [0, 0.1) is 5.92 Å². The van der Waals surface area contributed by atoms with Gasteiger partial charge in [0.2, 0.25) is 0 Å². The summed E-state index contributed by atoms with van der Waals surface area (Å²) in [5.74, 6) is 1.99. The highest BCUT2D eigenvalue weighted by atomic mass is 16.6. The standard InChI is InChI=1S/C30H33NO7/c1-2-35-28(29(32)33)20-22-10-12-24(13-11-22)36-19-18-31(21-23-8-9-23)30(34)38-27-16-14-26(15-17-27)37-25-6-4-3-5-7-25/h3-7,10-17,23,28H,2,8-9,18-21H2,1H3,(H,32,33). The van der Waals surface area contributed by atoms with E-state index in [0.29, 0.717) is 49.5 Å². The van der Waals surface area contributed by atoms with E-state index < -0.39 is 18.2 Å². The smallest absolute Gasteiger partial charge is 0.415 e. The maximum Gasteiger partial charge on any atom is 0.415 e. The first-order chi connectivity index (χ1) is 18.5. The predicted molar refractivity (Wildman–Crippen MR) is 142 cm³/mol. The van der Waals surface area contributed by atoms with E-state index in [0.717, 1.165) is 24.2 Å². The van der Waals surface area contributed by atoms with Gasteiger partial charge in [-0.15, -0.1) is 0 Å². The molecule has 1 aliphatic rings. The van der Waals surface area contributed by atoms with E-state index in [4.69, 9.17) is 18.9 Å². The maximum atomic E-state index is 12.9. The molecule has 0 aliphatic heterocycles. The third-order valence-corrected chi connectivity index (χ3v) is 6.06. The van der Waals surface area contributed by atoms with Gasteiger partial charge >= 0.3 is 12.1 Å². The number of carboxylic acid groups (broad SMARTS) is 1. The molecule has 1 unspecified atom stereocenters. The molecule has 0 saturated heterocycles. The lowest BCUT2D eigenvalue weighted by molar-refractivity contribution is -0.149. The Morgan fingerprint density at radius 3 is 2.16 bits per heavy atom. The van der Waals surface area contributed by atoms with Gasteiger partial charge in [-0.1, -0.05) is 30.3 Å². The van der Waals surface area contributed by atoms with Crippen molar-refractivity contribution in [2.75, 3.05) is 26.3 Å². The van der Waals surface area contributed by atoms with Crippen molar-refractivity contribution in [3.05, 3.63) is 84.4 Å². The average Bonchev–Trinajstić information content (AvgIpc) is 3.74. The molecule has 3 aromatic carbocycles. The molecule has 3 aromatic rings. The number of ether oxygens (including phenoxy) is 4. The molecule has 38 heavy (non-hydrogen) atoms. The van der Waals surface area contributed by atoms with Crippen LogP contribution in [-0.2, 0) is 16.0 Å². The van der Waals surface area contributed by atoms with Crippen molar-refractivity contribution < 1.29 is 33.6 Å². The van der Waals surface area contributed by atoms with Crippen LogP contribution in [0.4, 0.5) is 4.79 Å². The third-order valence-electron chi connectivity index (χ3n) is 6.06. The molecule has 1 atom stereocenters. The van der Waals surface area contributed by atoms with Gasteiger partial charge in [-0.2, -0.15) is 0 Å². The number of carbonyl (C=O) groups excluding carboxylic acids is 1. The molecule has 1 saturated carbocycles. The van der Waals surface area contributed by atoms with Crippen LogP contribution in [0.2, 0.25) is 0 Å². The summed E-state index contributed by atoms with van der Waals surface area (Å²) in [5, 5.41) is 9.26. The number of benzene rings is 3. The first-order valence-corrected chi connectivity index (χ1v) is 12.9. The summed E-state index contributed by atoms with van der Waals surface area (Å²) in [6.45, 7) is 3.43. The van der Waals surface area contributed by atoms with Crippen LogP contribution >= 0.6 is 0 Å². The number of nitrogens with zero attached hydrogens (tertiary/aromatic N) is 1. The van der Waals surface area contributed by atoms with Crippen molar-refractivity contribution in [1.82, 2.24) is 4.90 Å². The van der Waals surface area contributed by atoms with E-state index in [1.54, 1.807) is 48.2 Å². The number of rotatable bonds is 14. The van der Waals surface area contributed by atoms with Crippen molar-refractivity contribution in [1.29, 1.82) is 0 Å². The molecule has 0 bridgehead atoms. The monoisotopic (exact) mass is 519 g/mol. The highest BCUT2D eigenvalue weighted by molar-refractivity contribution is 5.72. The lowest BCUT2D eigenvalue weighted by Gasteiger charge is -2.22. The number of amides is 1. The predicted octanol–water partition coefficient (Wildman–Crippen LogP) is 5.80. The molecule has 1 N–H and O–H groups in total. The number of carboxylic acids is 1. The van der Waals surface area contributed by atoms with Gasteiger partial charge in [-0.05, 0) is 79.8 Å². The van der Waals surface area contributed by atoms with Gasteiger partial charge in [0, 0.05) is 19.6 Å². The van der Waals surface area contributed by atoms with Crippen molar-refractivity contribution in [2.45, 2.75) is 32.3 Å². The number of aliphatic carboxylic acids is 1. The average molecular weight is 520 g/mol. The Kier molecular flexibility index (Phi) is 9.59. The van der Waals surface area contributed by atoms with E-state index in [9.17, 15) is 14.7 Å². The summed E-state index contributed by atoms with van der Waals surface area (Å²) in [6, 6.07) is 23.7. The van der Waals surface area contributed by atoms with Gasteiger partial charge in [-0.3, -0.25) is 0 Å². The minimum Gasteiger partial charge on any atom is -0.492 e. The molecule has 4 rings (SSSR count). The summed E-state index contributed by atoms with van der Waals surface area (Å²) in [6.07, 6.45) is 1.21. The topological polar surface area (TPSA) is 94.5 Å². The van der Waals surface area contributed by atoms with E-state index in [1.807, 2.05) is 42.5 Å². The zero-order valence-corrected chi connectivity index (χ0v) is 21.5. The summed E-state index contributed by atoms with van der Waals surface area (Å²) < 4.78 is 22.5. The fourth-order valence-electron chi connectivity index (χ4n) is 3.86. The van der Waals surface area contributed by atoms with E-state index in [-0.39, 0.29) is 6.42 Å². The van der Waals surface area contributed by atoms with Gasteiger partial charge in [0.25, 0.3) is 0 Å². The fourth-order valence-corrected chi connectivity index (χ4v) is 3.86. The van der Waals surface area contributed by atoms with Crippen LogP contribution in [0.5, 0.6) is 23.0 Å². The number of hydrogen-bond donors (Lipinski definition) is 1. The summed E-state index contributed by atoms with van der Waals surface area (Å²) in [4.78, 5) is 25.9. The Balaban J connectivity index is 1.26. The Morgan fingerprint density at radius 2 is 1.53 bits per heavy atom. The molecular weight excluding hydrogens is 486 g/mol. The number of hydrogen-bond acceptors (Lipinski definition) is 6. The van der Waals surface area contributed by atoms with Gasteiger partial charge < -0.3 is 29.0 Å². The van der Waals surface area contributed by atoms with Crippen LogP contribution < -0.4 is 14.2 Å². The Labute approximate surface area is 222 Å². The van der Waals surface area contributed by atoms with E-state index in [1.165, 1.54) is 0 Å². The Hall–Kier alpha value is -4.04. The molecule has 0 heterocycles. The number of para-hydroxylation sites is 1. The van der Waals surface area contributed by atoms with Crippen LogP contribution in [0.3, 0.4) is 0 Å². The van der Waals surface area contributed by atoms with E-state index >= 15 is 0 Å². The summed E-state index contributed by atoms with van der Waals surface area (Å²) >= 11 is 0. The van der Waals surface area contributed by atoms with Gasteiger partial charge in [-0.25, -0.2) is 9.59 Å². The lowest BCUT2D eigenvalue weighted by atomic mass is 10.1. The van der Waals surface area contributed by atoms with Gasteiger partial charge in [0.15, 0.2) is 6.10 Å². The minimum absolute atomic E-state index is 0.282. The van der Waals surface area contributed by atoms with Crippen LogP contribution in [0.15, 0.2) is 78.9 Å². The number of carbonyl (C=O) groups is 2. The Bertz CT molecular complexity index is 1160. The van der Waals surface area contributed by atoms with Crippen LogP contribution in [0.1, 0.15) is 25.3 Å². The second-order valence-electron chi connectivity index (χ2n) is 9.12. The highest BCUT2D eigenvalue weighted by Gasteiger charge is 2.28. The lowest BCUT2D eigenvalue weighted by Crippen LogP contribution is -2.38.